The average Bonchev–Trinajstić information content (AvgIpc) is 2.52. The van der Waals surface area contributed by atoms with Crippen LogP contribution in [0.3, 0.4) is 0 Å². The van der Waals surface area contributed by atoms with E-state index < -0.39 is 16.5 Å². The number of carbonyl (C=O) groups excluding carboxylic acids is 1. The first kappa shape index (κ1) is 18.3. The largest absolute Gasteiger partial charge is 0.445 e. The Bertz CT molecular complexity index is 735. The molecule has 10 heteroatoms. The van der Waals surface area contributed by atoms with Crippen molar-refractivity contribution in [1.82, 2.24) is 4.98 Å². The molecule has 7 nitrogen and oxygen atoms in total. The Balaban J connectivity index is 1.99. The predicted octanol–water partition coefficient (Wildman–Crippen LogP) is 5.00. The molecular weight excluding hydrogens is 377 g/mol. The van der Waals surface area contributed by atoms with Gasteiger partial charge in [0.25, 0.3) is 0 Å². The molecular formula is C14H12Cl3N5O2. The van der Waals surface area contributed by atoms with Gasteiger partial charge in [-0.3, -0.25) is 5.32 Å². The highest BCUT2D eigenvalue weighted by Gasteiger charge is 2.22. The fourth-order valence-electron chi connectivity index (χ4n) is 1.52. The van der Waals surface area contributed by atoms with Crippen LogP contribution in [0.25, 0.3) is 0 Å². The molecule has 0 atom stereocenters. The summed E-state index contributed by atoms with van der Waals surface area (Å²) in [5, 5.41) is 10.4. The molecule has 0 unspecified atom stereocenters. The van der Waals surface area contributed by atoms with Crippen LogP contribution in [0.2, 0.25) is 0 Å². The topological polar surface area (TPSA) is 102 Å². The third-order valence-corrected chi connectivity index (χ3v) is 2.86. The zero-order valence-electron chi connectivity index (χ0n) is 12.1. The van der Waals surface area contributed by atoms with E-state index in [0.29, 0.717) is 11.4 Å². The number of nitrogens with two attached hydrogens (primary N) is 1. The van der Waals surface area contributed by atoms with E-state index in [4.69, 9.17) is 45.3 Å². The minimum absolute atomic E-state index is 0.0915. The predicted molar refractivity (Wildman–Crippen MR) is 94.5 cm³/mol. The molecule has 0 aliphatic rings. The highest BCUT2D eigenvalue weighted by molar-refractivity contribution is 6.67. The number of amides is 1. The third-order valence-electron chi connectivity index (χ3n) is 2.53. The SMILES string of the molecule is Nc1nc(NC(=O)OCC(Cl)(Cl)Cl)ccc1N=Nc1ccccc1. The highest BCUT2D eigenvalue weighted by atomic mass is 35.6. The van der Waals surface area contributed by atoms with Gasteiger partial charge in [0.2, 0.25) is 3.79 Å². The number of hydrogen-bond acceptors (Lipinski definition) is 6. The van der Waals surface area contributed by atoms with Gasteiger partial charge in [-0.25, -0.2) is 9.78 Å². The third kappa shape index (κ3) is 6.19. The van der Waals surface area contributed by atoms with Gasteiger partial charge in [0.05, 0.1) is 5.69 Å². The Morgan fingerprint density at radius 1 is 1.17 bits per heavy atom. The maximum atomic E-state index is 11.5. The molecule has 1 aromatic heterocycles. The van der Waals surface area contributed by atoms with Crippen LogP contribution < -0.4 is 11.1 Å². The Morgan fingerprint density at radius 3 is 2.50 bits per heavy atom. The van der Waals surface area contributed by atoms with Crippen molar-refractivity contribution >= 4 is 63.9 Å². The van der Waals surface area contributed by atoms with Gasteiger partial charge in [-0.05, 0) is 24.3 Å². The Hall–Kier alpha value is -2.09. The Morgan fingerprint density at radius 2 is 1.88 bits per heavy atom. The summed E-state index contributed by atoms with van der Waals surface area (Å²) >= 11 is 16.4. The number of alkyl halides is 3. The van der Waals surface area contributed by atoms with Crippen molar-refractivity contribution in [2.75, 3.05) is 17.7 Å². The summed E-state index contributed by atoms with van der Waals surface area (Å²) in [6.07, 6.45) is -0.827. The van der Waals surface area contributed by atoms with Crippen LogP contribution in [0.1, 0.15) is 0 Å². The molecule has 1 heterocycles. The van der Waals surface area contributed by atoms with Gasteiger partial charge >= 0.3 is 6.09 Å². The average molecular weight is 389 g/mol. The van der Waals surface area contributed by atoms with Crippen LogP contribution in [0.4, 0.5) is 27.8 Å². The molecule has 1 amide bonds. The summed E-state index contributed by atoms with van der Waals surface area (Å²) in [7, 11) is 0. The number of azo groups is 1. The van der Waals surface area contributed by atoms with Crippen LogP contribution in [-0.4, -0.2) is 21.5 Å². The number of rotatable bonds is 4. The van der Waals surface area contributed by atoms with E-state index in [2.05, 4.69) is 20.5 Å². The molecule has 3 N–H and O–H groups in total. The quantitative estimate of drug-likeness (QED) is 0.568. The minimum atomic E-state index is -1.69. The molecule has 0 aliphatic heterocycles. The molecule has 0 bridgehead atoms. The zero-order valence-corrected chi connectivity index (χ0v) is 14.4. The molecule has 0 spiro atoms. The van der Waals surface area contributed by atoms with Crippen LogP contribution in [-0.2, 0) is 4.74 Å². The number of aromatic nitrogens is 1. The number of ether oxygens (including phenoxy) is 1. The second kappa shape index (κ2) is 8.14. The number of nitrogens with one attached hydrogen (secondary N) is 1. The van der Waals surface area contributed by atoms with Crippen molar-refractivity contribution in [2.24, 2.45) is 10.2 Å². The number of carbonyl (C=O) groups is 1. The van der Waals surface area contributed by atoms with Crippen molar-refractivity contribution in [3.8, 4) is 0 Å². The smallest absolute Gasteiger partial charge is 0.412 e. The number of pyridine rings is 1. The first-order valence-electron chi connectivity index (χ1n) is 6.57. The molecule has 0 saturated carbocycles. The van der Waals surface area contributed by atoms with Gasteiger partial charge < -0.3 is 10.5 Å². The van der Waals surface area contributed by atoms with Crippen LogP contribution >= 0.6 is 34.8 Å². The summed E-state index contributed by atoms with van der Waals surface area (Å²) in [6, 6.07) is 12.2. The molecule has 0 aliphatic carbocycles. The van der Waals surface area contributed by atoms with Gasteiger partial charge in [-0.15, -0.1) is 5.11 Å². The standard InChI is InChI=1S/C14H12Cl3N5O2/c15-14(16,17)8-24-13(23)20-11-7-6-10(12(18)19-11)22-21-9-4-2-1-3-5-9/h1-7H,8H2,(H3,18,19,20,23). The van der Waals surface area contributed by atoms with Crippen LogP contribution in [0.5, 0.6) is 0 Å². The Labute approximate surface area is 152 Å². The fraction of sp³-hybridized carbons (Fsp3) is 0.143. The maximum Gasteiger partial charge on any atom is 0.412 e. The van der Waals surface area contributed by atoms with E-state index in [9.17, 15) is 4.79 Å². The summed E-state index contributed by atoms with van der Waals surface area (Å²) in [5.41, 5.74) is 6.82. The van der Waals surface area contributed by atoms with Gasteiger partial charge in [-0.1, -0.05) is 53.0 Å². The van der Waals surface area contributed by atoms with Gasteiger partial charge in [0.1, 0.15) is 18.1 Å². The van der Waals surface area contributed by atoms with E-state index in [1.54, 1.807) is 18.2 Å². The molecule has 24 heavy (non-hydrogen) atoms. The lowest BCUT2D eigenvalue weighted by Crippen LogP contribution is -2.21. The van der Waals surface area contributed by atoms with Crippen molar-refractivity contribution in [2.45, 2.75) is 3.79 Å². The van der Waals surface area contributed by atoms with E-state index in [0.717, 1.165) is 0 Å². The minimum Gasteiger partial charge on any atom is -0.445 e. The van der Waals surface area contributed by atoms with Gasteiger partial charge in [0, 0.05) is 0 Å². The van der Waals surface area contributed by atoms with Crippen LogP contribution in [0, 0.1) is 0 Å². The fourth-order valence-corrected chi connectivity index (χ4v) is 1.68. The highest BCUT2D eigenvalue weighted by Crippen LogP contribution is 2.27. The first-order valence-corrected chi connectivity index (χ1v) is 7.71. The van der Waals surface area contributed by atoms with Crippen molar-refractivity contribution in [3.63, 3.8) is 0 Å². The number of halogens is 3. The molecule has 0 saturated heterocycles. The van der Waals surface area contributed by atoms with Gasteiger partial charge in [0.15, 0.2) is 5.82 Å². The molecule has 2 aromatic rings. The monoisotopic (exact) mass is 387 g/mol. The van der Waals surface area contributed by atoms with E-state index in [1.807, 2.05) is 18.2 Å². The second-order valence-electron chi connectivity index (χ2n) is 4.45. The van der Waals surface area contributed by atoms with Gasteiger partial charge in [-0.2, -0.15) is 5.11 Å². The van der Waals surface area contributed by atoms with Crippen molar-refractivity contribution < 1.29 is 9.53 Å². The van der Waals surface area contributed by atoms with Crippen molar-refractivity contribution in [1.29, 1.82) is 0 Å². The molecule has 0 fully saturated rings. The number of benzene rings is 1. The number of anilines is 2. The number of nitrogen functional groups attached to an aromatic ring is 1. The Kier molecular flexibility index (Phi) is 6.19. The summed E-state index contributed by atoms with van der Waals surface area (Å²) in [4.78, 5) is 15.5. The maximum absolute atomic E-state index is 11.5. The normalized spacial score (nSPS) is 11.5. The lowest BCUT2D eigenvalue weighted by atomic mass is 10.3. The summed E-state index contributed by atoms with van der Waals surface area (Å²) in [5.74, 6) is 0.259. The van der Waals surface area contributed by atoms with E-state index in [1.165, 1.54) is 6.07 Å². The number of hydrogen-bond donors (Lipinski definition) is 2. The summed E-state index contributed by atoms with van der Waals surface area (Å²) in [6.45, 7) is -0.400. The molecule has 0 radical (unpaired) electrons. The lowest BCUT2D eigenvalue weighted by Gasteiger charge is -2.11. The van der Waals surface area contributed by atoms with E-state index >= 15 is 0 Å². The molecule has 2 rings (SSSR count). The molecule has 1 aromatic carbocycles. The molecule has 126 valence electrons. The summed E-state index contributed by atoms with van der Waals surface area (Å²) < 4.78 is 3.03. The first-order chi connectivity index (χ1) is 11.3. The van der Waals surface area contributed by atoms with Crippen LogP contribution in [0.15, 0.2) is 52.7 Å². The van der Waals surface area contributed by atoms with E-state index in [-0.39, 0.29) is 11.6 Å². The van der Waals surface area contributed by atoms with Crippen molar-refractivity contribution in [3.05, 3.63) is 42.5 Å². The zero-order chi connectivity index (χ0) is 17.6. The lowest BCUT2D eigenvalue weighted by molar-refractivity contribution is 0.164. The number of nitrogens with zero attached hydrogens (tertiary/aromatic N) is 3. The second-order valence-corrected chi connectivity index (χ2v) is 6.97.